The molecule has 2 rings (SSSR count). The van der Waals surface area contributed by atoms with Crippen LogP contribution < -0.4 is 0 Å². The molecule has 0 atom stereocenters. The van der Waals surface area contributed by atoms with Crippen LogP contribution in [0.5, 0.6) is 0 Å². The van der Waals surface area contributed by atoms with Crippen LogP contribution in [-0.4, -0.2) is 10.9 Å². The molecule has 2 aromatic rings. The maximum atomic E-state index is 13.6. The monoisotopic (exact) mass is 532 g/mol. The fourth-order valence-electron chi connectivity index (χ4n) is 3.00. The fourth-order valence-corrected chi connectivity index (χ4v) is 3.00. The van der Waals surface area contributed by atoms with Gasteiger partial charge in [0.25, 0.3) is 0 Å². The van der Waals surface area contributed by atoms with Gasteiger partial charge in [-0.1, -0.05) is 0 Å². The first kappa shape index (κ1) is 27.9. The van der Waals surface area contributed by atoms with Gasteiger partial charge in [-0.2, -0.15) is 52.7 Å². The van der Waals surface area contributed by atoms with E-state index in [-0.39, 0.29) is 24.3 Å². The summed E-state index contributed by atoms with van der Waals surface area (Å²) < 4.78 is 185. The second-order valence-electron chi connectivity index (χ2n) is 6.57. The third-order valence-electron chi connectivity index (χ3n) is 4.25. The van der Waals surface area contributed by atoms with E-state index in [1.54, 1.807) is 0 Å². The first-order chi connectivity index (χ1) is 15.6. The molecule has 0 aliphatic carbocycles. The van der Waals surface area contributed by atoms with Gasteiger partial charge in [0.05, 0.1) is 11.1 Å². The fraction of sp³-hybridized carbons (Fsp3) is 0.211. The number of ketones is 1. The van der Waals surface area contributed by atoms with Crippen LogP contribution in [-0.2, 0) is 24.7 Å². The zero-order chi connectivity index (χ0) is 27.3. The lowest BCUT2D eigenvalue weighted by atomic mass is 9.94. The molecule has 1 N–H and O–H groups in total. The lowest BCUT2D eigenvalue weighted by Gasteiger charge is -2.20. The van der Waals surface area contributed by atoms with Crippen LogP contribution in [0.3, 0.4) is 0 Å². The zero-order valence-electron chi connectivity index (χ0n) is 16.0. The van der Waals surface area contributed by atoms with Crippen molar-refractivity contribution >= 4 is 11.5 Å². The Kier molecular flexibility index (Phi) is 6.95. The molecular formula is C19H6F14O2. The number of benzene rings is 2. The van der Waals surface area contributed by atoms with Crippen LogP contribution in [0.1, 0.15) is 38.2 Å². The average Bonchev–Trinajstić information content (AvgIpc) is 2.63. The Morgan fingerprint density at radius 2 is 0.886 bits per heavy atom. The van der Waals surface area contributed by atoms with Gasteiger partial charge in [-0.3, -0.25) is 4.79 Å². The molecule has 0 heterocycles. The smallest absolute Gasteiger partial charge is 0.419 e. The third-order valence-corrected chi connectivity index (χ3v) is 4.25. The highest BCUT2D eigenvalue weighted by atomic mass is 19.4. The van der Waals surface area contributed by atoms with E-state index in [2.05, 4.69) is 0 Å². The Morgan fingerprint density at radius 1 is 0.571 bits per heavy atom. The average molecular weight is 532 g/mol. The number of allylic oxidation sites excluding steroid dienone is 1. The van der Waals surface area contributed by atoms with Crippen LogP contribution in [0.2, 0.25) is 0 Å². The van der Waals surface area contributed by atoms with E-state index in [1.807, 2.05) is 0 Å². The summed E-state index contributed by atoms with van der Waals surface area (Å²) in [6.45, 7) is 0. The van der Waals surface area contributed by atoms with E-state index in [9.17, 15) is 71.4 Å². The zero-order valence-corrected chi connectivity index (χ0v) is 16.0. The minimum absolute atomic E-state index is 0.0943. The second-order valence-corrected chi connectivity index (χ2v) is 6.57. The molecule has 0 aliphatic heterocycles. The van der Waals surface area contributed by atoms with Gasteiger partial charge in [-0.15, -0.1) is 0 Å². The summed E-state index contributed by atoms with van der Waals surface area (Å²) in [6.07, 6.45) is -24.7. The van der Waals surface area contributed by atoms with Gasteiger partial charge in [0, 0.05) is 17.2 Å². The van der Waals surface area contributed by atoms with Crippen molar-refractivity contribution in [1.82, 2.24) is 0 Å². The van der Waals surface area contributed by atoms with E-state index < -0.39 is 87.3 Å². The highest BCUT2D eigenvalue weighted by Crippen LogP contribution is 2.46. The summed E-state index contributed by atoms with van der Waals surface area (Å²) in [4.78, 5) is 12.2. The van der Waals surface area contributed by atoms with E-state index >= 15 is 0 Å². The van der Waals surface area contributed by atoms with Crippen molar-refractivity contribution in [2.45, 2.75) is 24.7 Å². The Labute approximate surface area is 184 Å². The molecule has 192 valence electrons. The van der Waals surface area contributed by atoms with Crippen molar-refractivity contribution in [3.63, 3.8) is 0 Å². The predicted molar refractivity (Wildman–Crippen MR) is 87.7 cm³/mol. The summed E-state index contributed by atoms with van der Waals surface area (Å²) in [6, 6.07) is -0.654. The molecular weight excluding hydrogens is 526 g/mol. The van der Waals surface area contributed by atoms with Gasteiger partial charge in [-0.05, 0) is 24.3 Å². The number of halogens is 14. The Hall–Kier alpha value is -3.33. The molecule has 2 aromatic carbocycles. The maximum Gasteiger partial charge on any atom is 0.419 e. The van der Waals surface area contributed by atoms with Gasteiger partial charge in [-0.25, -0.2) is 8.78 Å². The summed E-state index contributed by atoms with van der Waals surface area (Å²) in [5.41, 5.74) is -15.6. The standard InChI is InChI=1S/C19H6F14O2/c20-8-3-1-6(12(16(22,23)24)14(8)18(28,29)30)10(34)5-11(35)7-2-4-9(21)15(19(31,32)33)13(7)17(25,26)27/h1-5,34H/b10-5-. The quantitative estimate of drug-likeness (QED) is 0.190. The first-order valence-corrected chi connectivity index (χ1v) is 8.47. The molecule has 0 saturated heterocycles. The highest BCUT2D eigenvalue weighted by molar-refractivity contribution is 6.09. The van der Waals surface area contributed by atoms with Crippen LogP contribution in [0.15, 0.2) is 30.3 Å². The Morgan fingerprint density at radius 3 is 1.23 bits per heavy atom. The lowest BCUT2D eigenvalue weighted by Crippen LogP contribution is -2.23. The Balaban J connectivity index is 2.84. The van der Waals surface area contributed by atoms with Crippen molar-refractivity contribution in [2.24, 2.45) is 0 Å². The summed E-state index contributed by atoms with van der Waals surface area (Å²) in [5, 5.41) is 9.83. The number of aliphatic hydroxyl groups excluding tert-OH is 1. The molecule has 0 radical (unpaired) electrons. The van der Waals surface area contributed by atoms with Gasteiger partial charge < -0.3 is 5.11 Å². The molecule has 16 heteroatoms. The molecule has 0 bridgehead atoms. The molecule has 0 spiro atoms. The molecule has 35 heavy (non-hydrogen) atoms. The van der Waals surface area contributed by atoms with Crippen molar-refractivity contribution < 1.29 is 71.4 Å². The van der Waals surface area contributed by atoms with Crippen LogP contribution in [0.4, 0.5) is 61.5 Å². The van der Waals surface area contributed by atoms with Crippen LogP contribution >= 0.6 is 0 Å². The van der Waals surface area contributed by atoms with E-state index in [4.69, 9.17) is 0 Å². The topological polar surface area (TPSA) is 37.3 Å². The number of alkyl halides is 12. The van der Waals surface area contributed by atoms with Crippen LogP contribution in [0.25, 0.3) is 5.76 Å². The van der Waals surface area contributed by atoms with Crippen LogP contribution in [0, 0.1) is 11.6 Å². The number of hydrogen-bond acceptors (Lipinski definition) is 2. The van der Waals surface area contributed by atoms with Crippen molar-refractivity contribution in [1.29, 1.82) is 0 Å². The van der Waals surface area contributed by atoms with E-state index in [0.717, 1.165) is 0 Å². The normalized spacial score (nSPS) is 13.8. The number of rotatable bonds is 3. The number of hydrogen-bond donors (Lipinski definition) is 1. The van der Waals surface area contributed by atoms with Gasteiger partial charge >= 0.3 is 24.7 Å². The molecule has 0 unspecified atom stereocenters. The molecule has 0 amide bonds. The second kappa shape index (κ2) is 8.71. The summed E-state index contributed by atoms with van der Waals surface area (Å²) >= 11 is 0. The van der Waals surface area contributed by atoms with Crippen molar-refractivity contribution in [3.8, 4) is 0 Å². The Bertz CT molecular complexity index is 1180. The molecule has 0 saturated carbocycles. The highest BCUT2D eigenvalue weighted by Gasteiger charge is 2.49. The predicted octanol–water partition coefficient (Wildman–Crippen LogP) is 7.82. The minimum atomic E-state index is -6.06. The maximum absolute atomic E-state index is 13.6. The van der Waals surface area contributed by atoms with E-state index in [0.29, 0.717) is 0 Å². The SMILES string of the molecule is O=C(/C=C(\O)c1ccc(F)c(C(F)(F)F)c1C(F)(F)F)c1ccc(F)c(C(F)(F)F)c1C(F)(F)F. The number of carbonyl (C=O) groups is 1. The molecule has 0 aliphatic rings. The molecule has 0 fully saturated rings. The van der Waals surface area contributed by atoms with E-state index in [1.165, 1.54) is 0 Å². The largest absolute Gasteiger partial charge is 0.507 e. The lowest BCUT2D eigenvalue weighted by molar-refractivity contribution is -0.164. The van der Waals surface area contributed by atoms with Gasteiger partial charge in [0.1, 0.15) is 28.5 Å². The summed E-state index contributed by atoms with van der Waals surface area (Å²) in [7, 11) is 0. The first-order valence-electron chi connectivity index (χ1n) is 8.47. The van der Waals surface area contributed by atoms with Crippen molar-refractivity contribution in [2.75, 3.05) is 0 Å². The summed E-state index contributed by atoms with van der Waals surface area (Å²) in [5.74, 6) is -9.31. The van der Waals surface area contributed by atoms with Gasteiger partial charge in [0.15, 0.2) is 5.78 Å². The third kappa shape index (κ3) is 5.67. The van der Waals surface area contributed by atoms with Gasteiger partial charge in [0.2, 0.25) is 0 Å². The number of aliphatic hydroxyl groups is 1. The minimum Gasteiger partial charge on any atom is -0.507 e. The number of carbonyl (C=O) groups excluding carboxylic acids is 1. The molecule has 0 aromatic heterocycles. The van der Waals surface area contributed by atoms with Crippen molar-refractivity contribution in [3.05, 3.63) is 75.4 Å². The molecule has 2 nitrogen and oxygen atoms in total.